The number of amides is 1. The maximum absolute atomic E-state index is 13.3. The van der Waals surface area contributed by atoms with E-state index in [-0.39, 0.29) is 30.3 Å². The van der Waals surface area contributed by atoms with Crippen LogP contribution in [0.15, 0.2) is 65.6 Å². The third-order valence-electron chi connectivity index (χ3n) is 4.97. The molecule has 0 atom stereocenters. The smallest absolute Gasteiger partial charge is 0.416 e. The molecular formula is C23H22F3N3O4S. The first kappa shape index (κ1) is 25.2. The van der Waals surface area contributed by atoms with Crippen LogP contribution in [0.1, 0.15) is 29.9 Å². The zero-order valence-corrected chi connectivity index (χ0v) is 19.2. The van der Waals surface area contributed by atoms with Crippen molar-refractivity contribution in [2.24, 2.45) is 5.73 Å². The number of pyridine rings is 1. The molecule has 0 fully saturated rings. The van der Waals surface area contributed by atoms with Crippen LogP contribution in [0.3, 0.4) is 0 Å². The Morgan fingerprint density at radius 1 is 1.03 bits per heavy atom. The summed E-state index contributed by atoms with van der Waals surface area (Å²) in [6.45, 7) is 3.35. The van der Waals surface area contributed by atoms with Crippen molar-refractivity contribution in [3.63, 3.8) is 0 Å². The molecule has 1 heterocycles. The van der Waals surface area contributed by atoms with E-state index in [1.54, 1.807) is 38.1 Å². The van der Waals surface area contributed by atoms with E-state index >= 15 is 0 Å². The van der Waals surface area contributed by atoms with Crippen LogP contribution in [-0.4, -0.2) is 36.7 Å². The number of hydrogen-bond donors (Lipinski definition) is 1. The fraction of sp³-hybridized carbons (Fsp3) is 0.217. The number of carbonyl (C=O) groups is 1. The molecule has 2 aromatic carbocycles. The number of carbonyl (C=O) groups excluding carboxylic acids is 1. The molecule has 3 aromatic rings. The number of nitrogens with two attached hydrogens (primary N) is 1. The molecule has 2 N–H and O–H groups in total. The van der Waals surface area contributed by atoms with E-state index in [2.05, 4.69) is 4.98 Å². The molecule has 0 aliphatic carbocycles. The molecule has 3 rings (SSSR count). The van der Waals surface area contributed by atoms with Crippen LogP contribution in [0, 0.1) is 0 Å². The van der Waals surface area contributed by atoms with Gasteiger partial charge in [0.1, 0.15) is 22.1 Å². The Bertz CT molecular complexity index is 1290. The van der Waals surface area contributed by atoms with Crippen LogP contribution in [0.4, 0.5) is 13.2 Å². The molecule has 1 amide bonds. The number of benzene rings is 2. The van der Waals surface area contributed by atoms with E-state index in [1.807, 2.05) is 0 Å². The van der Waals surface area contributed by atoms with Crippen LogP contribution in [0.25, 0.3) is 11.3 Å². The molecule has 0 aliphatic rings. The van der Waals surface area contributed by atoms with Crippen LogP contribution >= 0.6 is 0 Å². The molecule has 0 unspecified atom stereocenters. The van der Waals surface area contributed by atoms with Crippen molar-refractivity contribution in [2.45, 2.75) is 24.9 Å². The van der Waals surface area contributed by atoms with Crippen LogP contribution < -0.4 is 10.5 Å². The molecule has 1 aromatic heterocycles. The molecule has 7 nitrogen and oxygen atoms in total. The lowest BCUT2D eigenvalue weighted by molar-refractivity contribution is -0.137. The number of halogens is 3. The number of nitrogens with zero attached hydrogens (tertiary/aromatic N) is 2. The fourth-order valence-electron chi connectivity index (χ4n) is 3.23. The first-order valence-corrected chi connectivity index (χ1v) is 11.7. The monoisotopic (exact) mass is 493 g/mol. The molecule has 0 saturated heterocycles. The van der Waals surface area contributed by atoms with Crippen LogP contribution in [-0.2, 0) is 16.2 Å². The number of rotatable bonds is 8. The van der Waals surface area contributed by atoms with Gasteiger partial charge in [-0.3, -0.25) is 4.79 Å². The molecule has 0 saturated carbocycles. The SMILES string of the molecule is CCN(CC)S(=O)(=O)c1cc(C(F)(F)F)ccc1Oc1ccc(-c2cccc(C(N)=O)n2)cc1. The van der Waals surface area contributed by atoms with E-state index in [0.29, 0.717) is 17.3 Å². The normalized spacial score (nSPS) is 12.1. The third-order valence-corrected chi connectivity index (χ3v) is 7.04. The predicted molar refractivity (Wildman–Crippen MR) is 120 cm³/mol. The minimum Gasteiger partial charge on any atom is -0.456 e. The first-order valence-electron chi connectivity index (χ1n) is 10.2. The highest BCUT2D eigenvalue weighted by Crippen LogP contribution is 2.37. The van der Waals surface area contributed by atoms with E-state index in [1.165, 1.54) is 18.2 Å². The van der Waals surface area contributed by atoms with Crippen molar-refractivity contribution >= 4 is 15.9 Å². The Hall–Kier alpha value is -3.44. The quantitative estimate of drug-likeness (QED) is 0.491. The molecule has 0 bridgehead atoms. The highest BCUT2D eigenvalue weighted by Gasteiger charge is 2.34. The van der Waals surface area contributed by atoms with E-state index in [4.69, 9.17) is 10.5 Å². The minimum atomic E-state index is -4.72. The van der Waals surface area contributed by atoms with Gasteiger partial charge < -0.3 is 10.5 Å². The Morgan fingerprint density at radius 2 is 1.68 bits per heavy atom. The zero-order valence-electron chi connectivity index (χ0n) is 18.3. The van der Waals surface area contributed by atoms with Crippen molar-refractivity contribution in [3.05, 3.63) is 71.9 Å². The van der Waals surface area contributed by atoms with Crippen molar-refractivity contribution < 1.29 is 31.1 Å². The zero-order chi connectivity index (χ0) is 25.1. The summed E-state index contributed by atoms with van der Waals surface area (Å²) in [6.07, 6.45) is -4.72. The van der Waals surface area contributed by atoms with Gasteiger partial charge in [-0.15, -0.1) is 0 Å². The highest BCUT2D eigenvalue weighted by atomic mass is 32.2. The van der Waals surface area contributed by atoms with Gasteiger partial charge in [-0.05, 0) is 54.6 Å². The molecule has 11 heteroatoms. The fourth-order valence-corrected chi connectivity index (χ4v) is 4.82. The van der Waals surface area contributed by atoms with E-state index in [9.17, 15) is 26.4 Å². The number of ether oxygens (including phenoxy) is 1. The summed E-state index contributed by atoms with van der Waals surface area (Å²) in [7, 11) is -4.24. The summed E-state index contributed by atoms with van der Waals surface area (Å²) in [5.74, 6) is -0.710. The standard InChI is InChI=1S/C23H22F3N3O4S/c1-3-29(4-2)34(31,32)21-14-16(23(24,25)26)10-13-20(21)33-17-11-8-15(9-12-17)18-6-5-7-19(28-18)22(27)30/h5-14H,3-4H2,1-2H3,(H2,27,30). The Morgan fingerprint density at radius 3 is 2.24 bits per heavy atom. The van der Waals surface area contributed by atoms with Gasteiger partial charge in [0.15, 0.2) is 0 Å². The number of hydrogen-bond acceptors (Lipinski definition) is 5. The molecule has 0 aliphatic heterocycles. The van der Waals surface area contributed by atoms with Crippen molar-refractivity contribution in [2.75, 3.05) is 13.1 Å². The number of sulfonamides is 1. The number of primary amides is 1. The molecular weight excluding hydrogens is 471 g/mol. The lowest BCUT2D eigenvalue weighted by atomic mass is 10.1. The first-order chi connectivity index (χ1) is 16.0. The Kier molecular flexibility index (Phi) is 7.27. The average molecular weight is 494 g/mol. The summed E-state index contributed by atoms with van der Waals surface area (Å²) in [5.41, 5.74) is 5.35. The van der Waals surface area contributed by atoms with Crippen LogP contribution in [0.5, 0.6) is 11.5 Å². The second-order valence-electron chi connectivity index (χ2n) is 7.15. The van der Waals surface area contributed by atoms with Crippen molar-refractivity contribution in [1.82, 2.24) is 9.29 Å². The Balaban J connectivity index is 1.99. The number of alkyl halides is 3. The van der Waals surface area contributed by atoms with Crippen molar-refractivity contribution in [1.29, 1.82) is 0 Å². The Labute approximate surface area is 195 Å². The molecule has 180 valence electrons. The van der Waals surface area contributed by atoms with Gasteiger partial charge in [-0.2, -0.15) is 17.5 Å². The average Bonchev–Trinajstić information content (AvgIpc) is 2.79. The van der Waals surface area contributed by atoms with E-state index in [0.717, 1.165) is 16.4 Å². The molecule has 0 spiro atoms. The second kappa shape index (κ2) is 9.82. The second-order valence-corrected chi connectivity index (χ2v) is 9.05. The third kappa shape index (κ3) is 5.37. The van der Waals surface area contributed by atoms with Gasteiger partial charge >= 0.3 is 6.18 Å². The topological polar surface area (TPSA) is 103 Å². The largest absolute Gasteiger partial charge is 0.456 e. The summed E-state index contributed by atoms with van der Waals surface area (Å²) in [4.78, 5) is 14.9. The van der Waals surface area contributed by atoms with Crippen molar-refractivity contribution in [3.8, 4) is 22.8 Å². The van der Waals surface area contributed by atoms with Gasteiger partial charge in [-0.25, -0.2) is 13.4 Å². The van der Waals surface area contributed by atoms with Gasteiger partial charge in [0.25, 0.3) is 5.91 Å². The minimum absolute atomic E-state index is 0.0839. The summed E-state index contributed by atoms with van der Waals surface area (Å²) in [5, 5.41) is 0. The summed E-state index contributed by atoms with van der Waals surface area (Å²) in [6, 6.07) is 13.4. The maximum atomic E-state index is 13.3. The lowest BCUT2D eigenvalue weighted by Gasteiger charge is -2.21. The molecule has 34 heavy (non-hydrogen) atoms. The van der Waals surface area contributed by atoms with Crippen LogP contribution in [0.2, 0.25) is 0 Å². The van der Waals surface area contributed by atoms with E-state index < -0.39 is 32.6 Å². The maximum Gasteiger partial charge on any atom is 0.416 e. The number of aromatic nitrogens is 1. The summed E-state index contributed by atoms with van der Waals surface area (Å²) < 4.78 is 72.7. The highest BCUT2D eigenvalue weighted by molar-refractivity contribution is 7.89. The lowest BCUT2D eigenvalue weighted by Crippen LogP contribution is -2.31. The predicted octanol–water partition coefficient (Wildman–Crippen LogP) is 4.69. The van der Waals surface area contributed by atoms with Gasteiger partial charge in [0.05, 0.1) is 11.3 Å². The van der Waals surface area contributed by atoms with Gasteiger partial charge in [0.2, 0.25) is 10.0 Å². The van der Waals surface area contributed by atoms with Gasteiger partial charge in [-0.1, -0.05) is 19.9 Å². The molecule has 0 radical (unpaired) electrons. The summed E-state index contributed by atoms with van der Waals surface area (Å²) >= 11 is 0. The van der Waals surface area contributed by atoms with Gasteiger partial charge in [0, 0.05) is 18.7 Å².